The van der Waals surface area contributed by atoms with Crippen LogP contribution in [-0.2, 0) is 14.2 Å². The zero-order chi connectivity index (χ0) is 26.1. The molecule has 0 spiro atoms. The molecule has 1 aliphatic rings. The maximum absolute atomic E-state index is 15.3. The Bertz CT molecular complexity index is 740. The summed E-state index contributed by atoms with van der Waals surface area (Å²) in [4.78, 5) is 13.0. The molecule has 1 fully saturated rings. The number of hydrogen-bond donors (Lipinski definition) is 1. The molecule has 2 heterocycles. The maximum Gasteiger partial charge on any atom is 0.227 e. The van der Waals surface area contributed by atoms with E-state index in [1.807, 2.05) is 15.9 Å². The van der Waals surface area contributed by atoms with Gasteiger partial charge in [-0.25, -0.2) is 9.37 Å². The van der Waals surface area contributed by atoms with Crippen molar-refractivity contribution in [2.24, 2.45) is 0 Å². The zero-order valence-corrected chi connectivity index (χ0v) is 24.8. The summed E-state index contributed by atoms with van der Waals surface area (Å²) in [6, 6.07) is 4.03. The van der Waals surface area contributed by atoms with Crippen LogP contribution in [0.15, 0.2) is 12.3 Å². The van der Waals surface area contributed by atoms with E-state index in [0.717, 1.165) is 12.1 Å². The van der Waals surface area contributed by atoms with Gasteiger partial charge in [0.1, 0.15) is 19.3 Å². The molecule has 35 heavy (non-hydrogen) atoms. The van der Waals surface area contributed by atoms with Crippen LogP contribution in [0.1, 0.15) is 13.3 Å². The van der Waals surface area contributed by atoms with Gasteiger partial charge in [-0.15, -0.1) is 0 Å². The predicted molar refractivity (Wildman–Crippen MR) is 146 cm³/mol. The van der Waals surface area contributed by atoms with Crippen molar-refractivity contribution in [2.75, 3.05) is 62.8 Å². The van der Waals surface area contributed by atoms with E-state index in [1.54, 1.807) is 6.20 Å². The normalized spacial score (nSPS) is 21.4. The molecule has 2 unspecified atom stereocenters. The third-order valence-electron chi connectivity index (χ3n) is 5.96. The van der Waals surface area contributed by atoms with Gasteiger partial charge in [0.2, 0.25) is 5.95 Å². The lowest BCUT2D eigenvalue weighted by Crippen LogP contribution is -2.54. The first-order valence-electron chi connectivity index (χ1n) is 12.7. The monoisotopic (exact) mass is 530 g/mol. The average Bonchev–Trinajstić information content (AvgIpc) is 2.75. The lowest BCUT2D eigenvalue weighted by Gasteiger charge is -2.41. The first-order chi connectivity index (χ1) is 16.3. The highest BCUT2D eigenvalue weighted by Gasteiger charge is 2.41. The first-order valence-corrected chi connectivity index (χ1v) is 20.1. The lowest BCUT2D eigenvalue weighted by atomic mass is 9.93. The van der Waals surface area contributed by atoms with Crippen LogP contribution >= 0.6 is 0 Å². The van der Waals surface area contributed by atoms with Crippen LogP contribution in [0.4, 0.5) is 16.2 Å². The van der Waals surface area contributed by atoms with Gasteiger partial charge >= 0.3 is 0 Å². The van der Waals surface area contributed by atoms with Gasteiger partial charge in [-0.2, -0.15) is 4.98 Å². The number of aliphatic hydroxyl groups excluding tert-OH is 1. The highest BCUT2D eigenvalue weighted by Crippen LogP contribution is 2.30. The number of hydrogen-bond acceptors (Lipinski definition) is 8. The molecule has 1 aromatic heterocycles. The van der Waals surface area contributed by atoms with Crippen LogP contribution in [0.3, 0.4) is 0 Å². The summed E-state index contributed by atoms with van der Waals surface area (Å²) in [6.45, 7) is 18.5. The molecule has 1 aliphatic heterocycles. The fraction of sp³-hybridized carbons (Fsp3) is 0.833. The number of rotatable bonds is 15. The fourth-order valence-electron chi connectivity index (χ4n) is 3.69. The second-order valence-corrected chi connectivity index (χ2v) is 23.3. The number of aliphatic hydroxyl groups is 1. The molecule has 0 bridgehead atoms. The number of piperidine rings is 1. The minimum Gasteiger partial charge on any atom is -0.394 e. The molecule has 11 heteroatoms. The molecule has 0 saturated carbocycles. The van der Waals surface area contributed by atoms with E-state index in [4.69, 9.17) is 24.3 Å². The molecule has 8 nitrogen and oxygen atoms in total. The van der Waals surface area contributed by atoms with E-state index in [9.17, 15) is 0 Å². The molecule has 0 amide bonds. The molecule has 1 saturated heterocycles. The van der Waals surface area contributed by atoms with Crippen LogP contribution in [0.2, 0.25) is 51.4 Å². The quantitative estimate of drug-likeness (QED) is 0.205. The molecular weight excluding hydrogens is 483 g/mol. The molecule has 2 rings (SSSR count). The first kappa shape index (κ1) is 30.1. The van der Waals surface area contributed by atoms with Crippen molar-refractivity contribution in [3.63, 3.8) is 0 Å². The van der Waals surface area contributed by atoms with Crippen molar-refractivity contribution >= 4 is 27.9 Å². The SMILES string of the molecule is CC1(F)CN(c2nccc(N(COCC[Si](C)(C)C)COCC[Si](C)(C)C)n2)CCC1OCCO. The van der Waals surface area contributed by atoms with E-state index in [-0.39, 0.29) is 19.8 Å². The number of ether oxygens (including phenoxy) is 3. The van der Waals surface area contributed by atoms with Gasteiger partial charge < -0.3 is 29.1 Å². The van der Waals surface area contributed by atoms with E-state index in [0.29, 0.717) is 51.4 Å². The minimum atomic E-state index is -1.56. The number of nitrogens with zero attached hydrogens (tertiary/aromatic N) is 4. The van der Waals surface area contributed by atoms with E-state index >= 15 is 4.39 Å². The van der Waals surface area contributed by atoms with Gasteiger partial charge in [0, 0.05) is 42.1 Å². The third kappa shape index (κ3) is 11.2. The topological polar surface area (TPSA) is 80.2 Å². The van der Waals surface area contributed by atoms with Gasteiger partial charge in [0.15, 0.2) is 5.67 Å². The van der Waals surface area contributed by atoms with Gasteiger partial charge in [-0.3, -0.25) is 0 Å². The summed E-state index contributed by atoms with van der Waals surface area (Å²) < 4.78 is 32.9. The summed E-state index contributed by atoms with van der Waals surface area (Å²) in [7, 11) is -2.36. The Morgan fingerprint density at radius 2 is 1.69 bits per heavy atom. The molecule has 0 radical (unpaired) electrons. The molecule has 2 atom stereocenters. The van der Waals surface area contributed by atoms with Crippen molar-refractivity contribution in [1.82, 2.24) is 9.97 Å². The van der Waals surface area contributed by atoms with Crippen LogP contribution in [0, 0.1) is 0 Å². The van der Waals surface area contributed by atoms with Crippen molar-refractivity contribution in [1.29, 1.82) is 0 Å². The smallest absolute Gasteiger partial charge is 0.227 e. The molecule has 1 aromatic rings. The number of halogens is 1. The number of anilines is 2. The van der Waals surface area contributed by atoms with Crippen molar-refractivity contribution in [3.05, 3.63) is 12.3 Å². The van der Waals surface area contributed by atoms with Crippen molar-refractivity contribution in [3.8, 4) is 0 Å². The fourth-order valence-corrected chi connectivity index (χ4v) is 5.21. The summed E-state index contributed by atoms with van der Waals surface area (Å²) in [5, 5.41) is 9.01. The molecular formula is C24H47FN4O4Si2. The molecule has 202 valence electrons. The standard InChI is InChI=1S/C24H47FN4O4Si2/c1-24(25)18-28(11-9-21(24)33-13-12-30)23-26-10-8-22(27-23)29(19-31-14-16-34(2,3)4)20-32-15-17-35(5,6)7/h8,10,21,30H,9,11-20H2,1-7H3. The molecule has 0 aliphatic carbocycles. The van der Waals surface area contributed by atoms with Gasteiger partial charge in [0.05, 0.1) is 25.9 Å². The van der Waals surface area contributed by atoms with Crippen molar-refractivity contribution < 1.29 is 23.7 Å². The number of aromatic nitrogens is 2. The second-order valence-electron chi connectivity index (χ2n) is 12.0. The molecule has 0 aromatic carbocycles. The maximum atomic E-state index is 15.3. The third-order valence-corrected chi connectivity index (χ3v) is 9.37. The average molecular weight is 531 g/mol. The largest absolute Gasteiger partial charge is 0.394 e. The van der Waals surface area contributed by atoms with Gasteiger partial charge in [0.25, 0.3) is 0 Å². The van der Waals surface area contributed by atoms with E-state index in [2.05, 4.69) is 44.3 Å². The Morgan fingerprint density at radius 1 is 1.09 bits per heavy atom. The van der Waals surface area contributed by atoms with Gasteiger partial charge in [-0.05, 0) is 31.5 Å². The Morgan fingerprint density at radius 3 is 2.20 bits per heavy atom. The summed E-state index contributed by atoms with van der Waals surface area (Å²) in [6.07, 6.45) is 1.66. The summed E-state index contributed by atoms with van der Waals surface area (Å²) in [5.74, 6) is 1.19. The van der Waals surface area contributed by atoms with Crippen LogP contribution in [0.5, 0.6) is 0 Å². The second kappa shape index (κ2) is 13.4. The lowest BCUT2D eigenvalue weighted by molar-refractivity contribution is -0.0703. The number of alkyl halides is 1. The Hall–Kier alpha value is -1.12. The summed E-state index contributed by atoms with van der Waals surface area (Å²) >= 11 is 0. The highest BCUT2D eigenvalue weighted by molar-refractivity contribution is 6.76. The van der Waals surface area contributed by atoms with Crippen LogP contribution < -0.4 is 9.80 Å². The minimum absolute atomic E-state index is 0.114. The van der Waals surface area contributed by atoms with Crippen LogP contribution in [-0.4, -0.2) is 96.0 Å². The van der Waals surface area contributed by atoms with Gasteiger partial charge in [-0.1, -0.05) is 39.3 Å². The Kier molecular flexibility index (Phi) is 11.6. The Labute approximate surface area is 213 Å². The van der Waals surface area contributed by atoms with E-state index < -0.39 is 27.9 Å². The van der Waals surface area contributed by atoms with Crippen LogP contribution in [0.25, 0.3) is 0 Å². The predicted octanol–water partition coefficient (Wildman–Crippen LogP) is 4.22. The summed E-state index contributed by atoms with van der Waals surface area (Å²) in [5.41, 5.74) is -1.56. The Balaban J connectivity index is 2.07. The van der Waals surface area contributed by atoms with Crippen molar-refractivity contribution in [2.45, 2.75) is 76.5 Å². The highest BCUT2D eigenvalue weighted by atomic mass is 28.3. The molecule has 1 N–H and O–H groups in total. The van der Waals surface area contributed by atoms with E-state index in [1.165, 1.54) is 6.92 Å². The zero-order valence-electron chi connectivity index (χ0n) is 22.8.